The van der Waals surface area contributed by atoms with E-state index in [0.717, 1.165) is 24.1 Å². The number of hydrogen-bond donors (Lipinski definition) is 1. The zero-order valence-corrected chi connectivity index (χ0v) is 5.49. The van der Waals surface area contributed by atoms with Gasteiger partial charge in [-0.1, -0.05) is 0 Å². The Morgan fingerprint density at radius 1 is 1.60 bits per heavy atom. The second-order valence-electron chi connectivity index (χ2n) is 2.48. The maximum atomic E-state index is 9.30. The Hall–Kier alpha value is -0.960. The van der Waals surface area contributed by atoms with Gasteiger partial charge in [0.2, 0.25) is 0 Å². The molecule has 1 N–H and O–H groups in total. The van der Waals surface area contributed by atoms with Crippen molar-refractivity contribution in [1.82, 2.24) is 9.97 Å². The van der Waals surface area contributed by atoms with Crippen molar-refractivity contribution in [3.05, 3.63) is 23.8 Å². The van der Waals surface area contributed by atoms with Crippen molar-refractivity contribution in [3.8, 4) is 0 Å². The van der Waals surface area contributed by atoms with Crippen LogP contribution in [-0.2, 0) is 6.42 Å². The van der Waals surface area contributed by atoms with E-state index in [1.165, 1.54) is 6.33 Å². The van der Waals surface area contributed by atoms with E-state index in [9.17, 15) is 5.11 Å². The van der Waals surface area contributed by atoms with Gasteiger partial charge in [0.25, 0.3) is 0 Å². The molecule has 2 rings (SSSR count). The summed E-state index contributed by atoms with van der Waals surface area (Å²) in [6, 6.07) is 0. The average molecular weight is 136 g/mol. The van der Waals surface area contributed by atoms with Crippen LogP contribution in [0.3, 0.4) is 0 Å². The van der Waals surface area contributed by atoms with Crippen LogP contribution in [-0.4, -0.2) is 15.1 Å². The van der Waals surface area contributed by atoms with E-state index in [1.54, 1.807) is 6.20 Å². The first kappa shape index (κ1) is 5.80. The molecular weight excluding hydrogens is 128 g/mol. The van der Waals surface area contributed by atoms with E-state index >= 15 is 0 Å². The van der Waals surface area contributed by atoms with Gasteiger partial charge < -0.3 is 5.11 Å². The highest BCUT2D eigenvalue weighted by atomic mass is 16.3. The first-order valence-electron chi connectivity index (χ1n) is 3.35. The molecule has 1 aliphatic rings. The molecule has 1 aromatic rings. The third kappa shape index (κ3) is 0.708. The lowest BCUT2D eigenvalue weighted by molar-refractivity contribution is 0.179. The number of aliphatic hydroxyl groups excluding tert-OH is 1. The van der Waals surface area contributed by atoms with Crippen molar-refractivity contribution < 1.29 is 5.11 Å². The number of aliphatic hydroxyl groups is 1. The number of rotatable bonds is 0. The third-order valence-corrected chi connectivity index (χ3v) is 1.84. The molecule has 0 aliphatic heterocycles. The van der Waals surface area contributed by atoms with Gasteiger partial charge in [0.15, 0.2) is 0 Å². The van der Waals surface area contributed by atoms with E-state index in [2.05, 4.69) is 9.97 Å². The third-order valence-electron chi connectivity index (χ3n) is 1.84. The minimum Gasteiger partial charge on any atom is -0.388 e. The molecule has 10 heavy (non-hydrogen) atoms. The average Bonchev–Trinajstić information content (AvgIpc) is 2.34. The predicted molar refractivity (Wildman–Crippen MR) is 35.3 cm³/mol. The van der Waals surface area contributed by atoms with Crippen LogP contribution < -0.4 is 0 Å². The predicted octanol–water partition coefficient (Wildman–Crippen LogP) is 0.456. The monoisotopic (exact) mass is 136 g/mol. The zero-order valence-electron chi connectivity index (χ0n) is 5.49. The van der Waals surface area contributed by atoms with Crippen LogP contribution in [0.1, 0.15) is 23.8 Å². The molecule has 3 nitrogen and oxygen atoms in total. The molecule has 0 radical (unpaired) electrons. The number of fused-ring (bicyclic) bond motifs is 1. The minimum absolute atomic E-state index is 0.323. The molecule has 52 valence electrons. The molecule has 0 bridgehead atoms. The summed E-state index contributed by atoms with van der Waals surface area (Å²) in [5.74, 6) is 0. The molecular formula is C7H8N2O. The fraction of sp³-hybridized carbons (Fsp3) is 0.429. The molecule has 0 aromatic carbocycles. The van der Waals surface area contributed by atoms with E-state index in [0.29, 0.717) is 0 Å². The van der Waals surface area contributed by atoms with Crippen LogP contribution in [0, 0.1) is 0 Å². The van der Waals surface area contributed by atoms with Crippen molar-refractivity contribution in [1.29, 1.82) is 0 Å². The van der Waals surface area contributed by atoms with E-state index in [1.807, 2.05) is 0 Å². The van der Waals surface area contributed by atoms with Gasteiger partial charge in [0.1, 0.15) is 6.33 Å². The normalized spacial score (nSPS) is 22.7. The van der Waals surface area contributed by atoms with Crippen molar-refractivity contribution in [2.24, 2.45) is 0 Å². The Morgan fingerprint density at radius 2 is 2.50 bits per heavy atom. The molecule has 1 atom stereocenters. The fourth-order valence-corrected chi connectivity index (χ4v) is 1.28. The summed E-state index contributed by atoms with van der Waals surface area (Å²) in [7, 11) is 0. The molecule has 1 heterocycles. The summed E-state index contributed by atoms with van der Waals surface area (Å²) in [5, 5.41) is 9.30. The van der Waals surface area contributed by atoms with Gasteiger partial charge in [-0.25, -0.2) is 9.97 Å². The molecule has 1 aliphatic carbocycles. The summed E-state index contributed by atoms with van der Waals surface area (Å²) in [6.07, 6.45) is 4.58. The quantitative estimate of drug-likeness (QED) is 0.563. The van der Waals surface area contributed by atoms with Gasteiger partial charge in [-0.05, 0) is 12.8 Å². The van der Waals surface area contributed by atoms with Gasteiger partial charge in [0.05, 0.1) is 6.10 Å². The zero-order chi connectivity index (χ0) is 6.97. The van der Waals surface area contributed by atoms with Crippen LogP contribution in [0.2, 0.25) is 0 Å². The molecule has 0 amide bonds. The molecule has 0 saturated heterocycles. The van der Waals surface area contributed by atoms with Crippen LogP contribution >= 0.6 is 0 Å². The lowest BCUT2D eigenvalue weighted by Crippen LogP contribution is -1.92. The van der Waals surface area contributed by atoms with E-state index in [-0.39, 0.29) is 6.10 Å². The second kappa shape index (κ2) is 2.02. The van der Waals surface area contributed by atoms with Crippen LogP contribution in [0.15, 0.2) is 12.5 Å². The molecule has 0 saturated carbocycles. The standard InChI is InChI=1S/C7H8N2O/c10-7-2-1-6-5(7)3-8-4-9-6/h3-4,7,10H,1-2H2. The van der Waals surface area contributed by atoms with Crippen molar-refractivity contribution >= 4 is 0 Å². The maximum Gasteiger partial charge on any atom is 0.115 e. The second-order valence-corrected chi connectivity index (χ2v) is 2.48. The van der Waals surface area contributed by atoms with Crippen LogP contribution in [0.25, 0.3) is 0 Å². The first-order chi connectivity index (χ1) is 4.88. The molecule has 0 spiro atoms. The maximum absolute atomic E-state index is 9.30. The van der Waals surface area contributed by atoms with Gasteiger partial charge in [-0.15, -0.1) is 0 Å². The highest BCUT2D eigenvalue weighted by Gasteiger charge is 2.20. The summed E-state index contributed by atoms with van der Waals surface area (Å²) in [5.41, 5.74) is 1.91. The highest BCUT2D eigenvalue weighted by Crippen LogP contribution is 2.27. The van der Waals surface area contributed by atoms with Gasteiger partial charge in [-0.2, -0.15) is 0 Å². The topological polar surface area (TPSA) is 46.0 Å². The van der Waals surface area contributed by atoms with Gasteiger partial charge in [0, 0.05) is 17.5 Å². The number of aromatic nitrogens is 2. The first-order valence-corrected chi connectivity index (χ1v) is 3.35. The van der Waals surface area contributed by atoms with Crippen molar-refractivity contribution in [2.75, 3.05) is 0 Å². The smallest absolute Gasteiger partial charge is 0.115 e. The summed E-state index contributed by atoms with van der Waals surface area (Å²) < 4.78 is 0. The molecule has 1 aromatic heterocycles. The Bertz CT molecular complexity index is 249. The Kier molecular flexibility index (Phi) is 1.17. The minimum atomic E-state index is -0.323. The fourth-order valence-electron chi connectivity index (χ4n) is 1.28. The summed E-state index contributed by atoms with van der Waals surface area (Å²) >= 11 is 0. The lowest BCUT2D eigenvalue weighted by Gasteiger charge is -1.98. The SMILES string of the molecule is OC1CCc2ncncc21. The van der Waals surface area contributed by atoms with Gasteiger partial charge in [-0.3, -0.25) is 0 Å². The lowest BCUT2D eigenvalue weighted by atomic mass is 10.2. The Labute approximate surface area is 58.8 Å². The van der Waals surface area contributed by atoms with Crippen LogP contribution in [0.5, 0.6) is 0 Å². The molecule has 3 heteroatoms. The van der Waals surface area contributed by atoms with Crippen LogP contribution in [0.4, 0.5) is 0 Å². The molecule has 0 fully saturated rings. The number of nitrogens with zero attached hydrogens (tertiary/aromatic N) is 2. The number of aryl methyl sites for hydroxylation is 1. The van der Waals surface area contributed by atoms with Crippen molar-refractivity contribution in [2.45, 2.75) is 18.9 Å². The Balaban J connectivity index is 2.51. The van der Waals surface area contributed by atoms with E-state index in [4.69, 9.17) is 0 Å². The largest absolute Gasteiger partial charge is 0.388 e. The van der Waals surface area contributed by atoms with Gasteiger partial charge >= 0.3 is 0 Å². The summed E-state index contributed by atoms with van der Waals surface area (Å²) in [6.45, 7) is 0. The highest BCUT2D eigenvalue weighted by molar-refractivity contribution is 5.23. The van der Waals surface area contributed by atoms with E-state index < -0.39 is 0 Å². The summed E-state index contributed by atoms with van der Waals surface area (Å²) in [4.78, 5) is 7.87. The molecule has 1 unspecified atom stereocenters. The Morgan fingerprint density at radius 3 is 3.30 bits per heavy atom. The van der Waals surface area contributed by atoms with Crippen molar-refractivity contribution in [3.63, 3.8) is 0 Å². The number of hydrogen-bond acceptors (Lipinski definition) is 3.